The summed E-state index contributed by atoms with van der Waals surface area (Å²) in [6.07, 6.45) is 4.36. The van der Waals surface area contributed by atoms with Crippen LogP contribution in [0.15, 0.2) is 40.8 Å². The van der Waals surface area contributed by atoms with Gasteiger partial charge in [-0.1, -0.05) is 6.07 Å². The number of rotatable bonds is 10. The standard InChI is InChI=1S/C23H33N5O2S.HI/c1-2-24-23(26-15-19-7-8-25-22(14-19)30-17-18-5-6-18)27-16-20(21-4-3-13-31-21)28-9-11-29-12-10-28;/h3-4,7-8,13-14,18,20H,2,5-6,9-12,15-17H2,1H3,(H2,24,26,27);1H. The number of aliphatic imine (C=N–C) groups is 1. The predicted octanol–water partition coefficient (Wildman–Crippen LogP) is 3.68. The van der Waals surface area contributed by atoms with Crippen molar-refractivity contribution in [2.75, 3.05) is 46.0 Å². The van der Waals surface area contributed by atoms with Gasteiger partial charge < -0.3 is 20.1 Å². The van der Waals surface area contributed by atoms with E-state index in [2.05, 4.69) is 45.0 Å². The van der Waals surface area contributed by atoms with Gasteiger partial charge in [-0.15, -0.1) is 35.3 Å². The van der Waals surface area contributed by atoms with Crippen molar-refractivity contribution < 1.29 is 9.47 Å². The first-order valence-electron chi connectivity index (χ1n) is 11.3. The maximum absolute atomic E-state index is 5.81. The number of thiophene rings is 1. The maximum Gasteiger partial charge on any atom is 0.213 e. The molecule has 1 atom stereocenters. The van der Waals surface area contributed by atoms with E-state index in [4.69, 9.17) is 14.5 Å². The summed E-state index contributed by atoms with van der Waals surface area (Å²) in [4.78, 5) is 13.0. The average molecular weight is 572 g/mol. The minimum atomic E-state index is 0. The van der Waals surface area contributed by atoms with Crippen LogP contribution in [0, 0.1) is 5.92 Å². The van der Waals surface area contributed by atoms with Gasteiger partial charge in [-0.05, 0) is 48.8 Å². The molecular weight excluding hydrogens is 537 g/mol. The Kier molecular flexibility index (Phi) is 10.5. The quantitative estimate of drug-likeness (QED) is 0.258. The Balaban J connectivity index is 0.00000289. The maximum atomic E-state index is 5.81. The number of hydrogen-bond donors (Lipinski definition) is 2. The van der Waals surface area contributed by atoms with Crippen molar-refractivity contribution in [3.8, 4) is 5.88 Å². The summed E-state index contributed by atoms with van der Waals surface area (Å²) in [6, 6.07) is 8.66. The fourth-order valence-electron chi connectivity index (χ4n) is 3.60. The molecule has 2 N–H and O–H groups in total. The van der Waals surface area contributed by atoms with Crippen molar-refractivity contribution >= 4 is 41.3 Å². The molecule has 0 bridgehead atoms. The van der Waals surface area contributed by atoms with Gasteiger partial charge in [0.05, 0.1) is 32.4 Å². The fraction of sp³-hybridized carbons (Fsp3) is 0.565. The van der Waals surface area contributed by atoms with Gasteiger partial charge in [0.25, 0.3) is 0 Å². The first-order chi connectivity index (χ1) is 15.3. The van der Waals surface area contributed by atoms with Gasteiger partial charge in [-0.25, -0.2) is 9.98 Å². The molecule has 1 saturated heterocycles. The van der Waals surface area contributed by atoms with Gasteiger partial charge >= 0.3 is 0 Å². The molecule has 1 aliphatic heterocycles. The van der Waals surface area contributed by atoms with E-state index in [9.17, 15) is 0 Å². The SMILES string of the molecule is CCNC(=NCc1ccnc(OCC2CC2)c1)NCC(c1cccs1)N1CCOCC1.I. The molecule has 176 valence electrons. The monoisotopic (exact) mass is 571 g/mol. The largest absolute Gasteiger partial charge is 0.477 e. The Morgan fingerprint density at radius 3 is 2.88 bits per heavy atom. The summed E-state index contributed by atoms with van der Waals surface area (Å²) in [5.41, 5.74) is 1.10. The first-order valence-corrected chi connectivity index (χ1v) is 12.1. The second-order valence-corrected chi connectivity index (χ2v) is 8.99. The fourth-order valence-corrected chi connectivity index (χ4v) is 4.46. The highest BCUT2D eigenvalue weighted by Gasteiger charge is 2.24. The summed E-state index contributed by atoms with van der Waals surface area (Å²) in [7, 11) is 0. The van der Waals surface area contributed by atoms with E-state index >= 15 is 0 Å². The van der Waals surface area contributed by atoms with E-state index in [-0.39, 0.29) is 24.0 Å². The van der Waals surface area contributed by atoms with Gasteiger partial charge in [0.2, 0.25) is 5.88 Å². The van der Waals surface area contributed by atoms with E-state index in [0.717, 1.165) is 63.4 Å². The molecule has 4 rings (SSSR count). The minimum Gasteiger partial charge on any atom is -0.477 e. The van der Waals surface area contributed by atoms with Crippen LogP contribution in [0.5, 0.6) is 5.88 Å². The Hall–Kier alpha value is -1.43. The predicted molar refractivity (Wildman–Crippen MR) is 140 cm³/mol. The molecule has 1 aliphatic carbocycles. The lowest BCUT2D eigenvalue weighted by Gasteiger charge is -2.34. The lowest BCUT2D eigenvalue weighted by molar-refractivity contribution is 0.0177. The second-order valence-electron chi connectivity index (χ2n) is 8.01. The van der Waals surface area contributed by atoms with Crippen LogP contribution in [-0.2, 0) is 11.3 Å². The summed E-state index contributed by atoms with van der Waals surface area (Å²) in [5, 5.41) is 9.07. The number of ether oxygens (including phenoxy) is 2. The van der Waals surface area contributed by atoms with E-state index in [1.165, 1.54) is 17.7 Å². The molecule has 1 unspecified atom stereocenters. The lowest BCUT2D eigenvalue weighted by Crippen LogP contribution is -2.46. The van der Waals surface area contributed by atoms with Gasteiger partial charge in [0.1, 0.15) is 0 Å². The Morgan fingerprint density at radius 2 is 2.16 bits per heavy atom. The number of aromatic nitrogens is 1. The number of guanidine groups is 1. The number of nitrogens with one attached hydrogen (secondary N) is 2. The highest BCUT2D eigenvalue weighted by Crippen LogP contribution is 2.29. The van der Waals surface area contributed by atoms with Crippen LogP contribution in [0.1, 0.15) is 36.2 Å². The van der Waals surface area contributed by atoms with Gasteiger partial charge in [0, 0.05) is 43.3 Å². The molecule has 0 amide bonds. The van der Waals surface area contributed by atoms with Gasteiger partial charge in [-0.3, -0.25) is 4.90 Å². The zero-order valence-electron chi connectivity index (χ0n) is 18.7. The van der Waals surface area contributed by atoms with E-state index in [1.54, 1.807) is 6.20 Å². The molecule has 2 fully saturated rings. The van der Waals surface area contributed by atoms with Crippen molar-refractivity contribution in [2.45, 2.75) is 32.4 Å². The Bertz CT molecular complexity index is 826. The molecule has 0 radical (unpaired) electrons. The van der Waals surface area contributed by atoms with Crippen molar-refractivity contribution in [1.82, 2.24) is 20.5 Å². The second kappa shape index (κ2) is 13.3. The average Bonchev–Trinajstić information content (AvgIpc) is 3.49. The third-order valence-electron chi connectivity index (χ3n) is 5.55. The van der Waals surface area contributed by atoms with Crippen molar-refractivity contribution in [1.29, 1.82) is 0 Å². The summed E-state index contributed by atoms with van der Waals surface area (Å²) >= 11 is 1.81. The number of pyridine rings is 1. The van der Waals surface area contributed by atoms with Crippen LogP contribution in [-0.4, -0.2) is 61.8 Å². The number of hydrogen-bond acceptors (Lipinski definition) is 6. The molecule has 0 aromatic carbocycles. The van der Waals surface area contributed by atoms with E-state index in [1.807, 2.05) is 23.5 Å². The Morgan fingerprint density at radius 1 is 1.31 bits per heavy atom. The van der Waals surface area contributed by atoms with Crippen LogP contribution in [0.2, 0.25) is 0 Å². The van der Waals surface area contributed by atoms with Crippen molar-refractivity contribution in [3.05, 3.63) is 46.3 Å². The zero-order chi connectivity index (χ0) is 21.3. The van der Waals surface area contributed by atoms with Gasteiger partial charge in [-0.2, -0.15) is 0 Å². The number of nitrogens with zero attached hydrogens (tertiary/aromatic N) is 3. The zero-order valence-corrected chi connectivity index (χ0v) is 21.8. The molecule has 32 heavy (non-hydrogen) atoms. The molecule has 7 nitrogen and oxygen atoms in total. The highest BCUT2D eigenvalue weighted by atomic mass is 127. The summed E-state index contributed by atoms with van der Waals surface area (Å²) < 4.78 is 11.4. The molecular formula is C23H34IN5O2S. The normalized spacial score (nSPS) is 18.0. The topological polar surface area (TPSA) is 71.0 Å². The minimum absolute atomic E-state index is 0. The van der Waals surface area contributed by atoms with E-state index in [0.29, 0.717) is 18.5 Å². The number of halogens is 1. The first kappa shape index (κ1) is 25.2. The van der Waals surface area contributed by atoms with Crippen molar-refractivity contribution in [3.63, 3.8) is 0 Å². The molecule has 2 aromatic heterocycles. The van der Waals surface area contributed by atoms with Crippen LogP contribution < -0.4 is 15.4 Å². The van der Waals surface area contributed by atoms with E-state index < -0.39 is 0 Å². The highest BCUT2D eigenvalue weighted by molar-refractivity contribution is 14.0. The third kappa shape index (κ3) is 7.86. The summed E-state index contributed by atoms with van der Waals surface area (Å²) in [5.74, 6) is 2.24. The Labute approximate surface area is 212 Å². The van der Waals surface area contributed by atoms with Gasteiger partial charge in [0.15, 0.2) is 5.96 Å². The van der Waals surface area contributed by atoms with Crippen molar-refractivity contribution in [2.24, 2.45) is 10.9 Å². The van der Waals surface area contributed by atoms with Crippen LogP contribution in [0.3, 0.4) is 0 Å². The summed E-state index contributed by atoms with van der Waals surface area (Å²) in [6.45, 7) is 8.57. The molecule has 9 heteroatoms. The van der Waals surface area contributed by atoms with Crippen LogP contribution >= 0.6 is 35.3 Å². The molecule has 3 heterocycles. The molecule has 1 saturated carbocycles. The lowest BCUT2D eigenvalue weighted by atomic mass is 10.2. The van der Waals surface area contributed by atoms with Crippen LogP contribution in [0.4, 0.5) is 0 Å². The smallest absolute Gasteiger partial charge is 0.213 e. The molecule has 2 aliphatic rings. The third-order valence-corrected chi connectivity index (χ3v) is 6.52. The molecule has 2 aromatic rings. The van der Waals surface area contributed by atoms with Crippen LogP contribution in [0.25, 0.3) is 0 Å². The number of morpholine rings is 1. The molecule has 0 spiro atoms.